The van der Waals surface area contributed by atoms with Gasteiger partial charge in [-0.1, -0.05) is 0 Å². The minimum absolute atomic E-state index is 0.491. The second-order valence-corrected chi connectivity index (χ2v) is 3.03. The van der Waals surface area contributed by atoms with Crippen molar-refractivity contribution in [3.8, 4) is 0 Å². The zero-order chi connectivity index (χ0) is 10.7. The van der Waals surface area contributed by atoms with E-state index in [2.05, 4.69) is 25.4 Å². The zero-order valence-electron chi connectivity index (χ0n) is 8.25. The van der Waals surface area contributed by atoms with E-state index in [4.69, 9.17) is 5.73 Å². The number of hydrogen-bond acceptors (Lipinski definition) is 6. The van der Waals surface area contributed by atoms with Crippen LogP contribution in [-0.2, 0) is 13.6 Å². The Hall–Kier alpha value is -2.18. The standard InChI is InChI=1S/C8H11N7/c1-15-5-13-7(14-15)4-12-8-10-2-6(9)3-11-8/h2-3,5H,4,9H2,1H3,(H,10,11,12). The molecule has 0 aliphatic rings. The fourth-order valence-electron chi connectivity index (χ4n) is 1.05. The van der Waals surface area contributed by atoms with Crippen LogP contribution in [-0.4, -0.2) is 24.7 Å². The van der Waals surface area contributed by atoms with E-state index in [1.165, 1.54) is 0 Å². The molecule has 0 aromatic carbocycles. The van der Waals surface area contributed by atoms with Gasteiger partial charge in [-0.2, -0.15) is 5.10 Å². The smallest absolute Gasteiger partial charge is 0.223 e. The van der Waals surface area contributed by atoms with E-state index in [9.17, 15) is 0 Å². The van der Waals surface area contributed by atoms with E-state index in [0.717, 1.165) is 0 Å². The fourth-order valence-corrected chi connectivity index (χ4v) is 1.05. The summed E-state index contributed by atoms with van der Waals surface area (Å²) < 4.78 is 1.64. The number of aryl methyl sites for hydroxylation is 1. The molecule has 2 aromatic rings. The van der Waals surface area contributed by atoms with Crippen molar-refractivity contribution < 1.29 is 0 Å². The minimum Gasteiger partial charge on any atom is -0.396 e. The molecule has 0 saturated carbocycles. The Balaban J connectivity index is 1.96. The van der Waals surface area contributed by atoms with Crippen molar-refractivity contribution in [1.29, 1.82) is 0 Å². The van der Waals surface area contributed by atoms with Gasteiger partial charge in [-0.3, -0.25) is 4.68 Å². The summed E-state index contributed by atoms with van der Waals surface area (Å²) in [4.78, 5) is 12.0. The van der Waals surface area contributed by atoms with Gasteiger partial charge < -0.3 is 11.1 Å². The van der Waals surface area contributed by atoms with Crippen LogP contribution < -0.4 is 11.1 Å². The van der Waals surface area contributed by atoms with Crippen molar-refractivity contribution in [2.75, 3.05) is 11.1 Å². The summed E-state index contributed by atoms with van der Waals surface area (Å²) in [6.45, 7) is 0.491. The molecule has 3 N–H and O–H groups in total. The average molecular weight is 205 g/mol. The molecule has 2 heterocycles. The van der Waals surface area contributed by atoms with Gasteiger partial charge in [0.2, 0.25) is 5.95 Å². The number of nitrogen functional groups attached to an aromatic ring is 1. The van der Waals surface area contributed by atoms with Crippen molar-refractivity contribution >= 4 is 11.6 Å². The Morgan fingerprint density at radius 3 is 2.67 bits per heavy atom. The number of nitrogens with two attached hydrogens (primary N) is 1. The van der Waals surface area contributed by atoms with Crippen LogP contribution in [0.3, 0.4) is 0 Å². The maximum absolute atomic E-state index is 5.46. The lowest BCUT2D eigenvalue weighted by atomic mass is 10.5. The first kappa shape index (κ1) is 9.38. The molecule has 2 aromatic heterocycles. The normalized spacial score (nSPS) is 10.2. The number of nitrogens with one attached hydrogen (secondary N) is 1. The van der Waals surface area contributed by atoms with E-state index in [1.807, 2.05) is 7.05 Å². The molecule has 0 spiro atoms. The molecule has 7 nitrogen and oxygen atoms in total. The molecule has 78 valence electrons. The van der Waals surface area contributed by atoms with Crippen LogP contribution in [0.25, 0.3) is 0 Å². The van der Waals surface area contributed by atoms with Crippen LogP contribution in [0.15, 0.2) is 18.7 Å². The lowest BCUT2D eigenvalue weighted by Crippen LogP contribution is -2.05. The number of anilines is 2. The molecule has 15 heavy (non-hydrogen) atoms. The van der Waals surface area contributed by atoms with E-state index in [0.29, 0.717) is 24.0 Å². The molecule has 0 bridgehead atoms. The Labute approximate surface area is 86.4 Å². The Kier molecular flexibility index (Phi) is 2.44. The van der Waals surface area contributed by atoms with Crippen LogP contribution in [0.5, 0.6) is 0 Å². The third-order valence-corrected chi connectivity index (χ3v) is 1.72. The first-order valence-electron chi connectivity index (χ1n) is 4.40. The van der Waals surface area contributed by atoms with Gasteiger partial charge in [-0.25, -0.2) is 15.0 Å². The minimum atomic E-state index is 0.491. The SMILES string of the molecule is Cn1cnc(CNc2ncc(N)cn2)n1. The third-order valence-electron chi connectivity index (χ3n) is 1.72. The van der Waals surface area contributed by atoms with Gasteiger partial charge in [0.15, 0.2) is 5.82 Å². The lowest BCUT2D eigenvalue weighted by molar-refractivity contribution is 0.746. The van der Waals surface area contributed by atoms with E-state index in [-0.39, 0.29) is 0 Å². The van der Waals surface area contributed by atoms with E-state index < -0.39 is 0 Å². The molecule has 0 atom stereocenters. The topological polar surface area (TPSA) is 94.5 Å². The summed E-state index contributed by atoms with van der Waals surface area (Å²) in [6.07, 6.45) is 4.73. The maximum atomic E-state index is 5.46. The maximum Gasteiger partial charge on any atom is 0.223 e. The molecule has 2 rings (SSSR count). The number of nitrogens with zero attached hydrogens (tertiary/aromatic N) is 5. The summed E-state index contributed by atoms with van der Waals surface area (Å²) in [5, 5.41) is 7.09. The van der Waals surface area contributed by atoms with Crippen molar-refractivity contribution in [3.05, 3.63) is 24.5 Å². The van der Waals surface area contributed by atoms with E-state index in [1.54, 1.807) is 23.4 Å². The summed E-state index contributed by atoms with van der Waals surface area (Å²) in [5.74, 6) is 1.20. The van der Waals surface area contributed by atoms with Crippen LogP contribution in [0, 0.1) is 0 Å². The second kappa shape index (κ2) is 3.91. The Morgan fingerprint density at radius 1 is 1.33 bits per heavy atom. The second-order valence-electron chi connectivity index (χ2n) is 3.03. The van der Waals surface area contributed by atoms with Crippen LogP contribution in [0.2, 0.25) is 0 Å². The van der Waals surface area contributed by atoms with Crippen molar-refractivity contribution in [2.45, 2.75) is 6.54 Å². The monoisotopic (exact) mass is 205 g/mol. The quantitative estimate of drug-likeness (QED) is 0.720. The predicted octanol–water partition coefficient (Wildman–Crippen LogP) is -0.201. The number of hydrogen-bond donors (Lipinski definition) is 2. The molecule has 0 aliphatic carbocycles. The molecular weight excluding hydrogens is 194 g/mol. The highest BCUT2D eigenvalue weighted by molar-refractivity contribution is 5.35. The molecular formula is C8H11N7. The van der Waals surface area contributed by atoms with Crippen LogP contribution >= 0.6 is 0 Å². The molecule has 7 heteroatoms. The first-order chi connectivity index (χ1) is 7.24. The molecule has 0 saturated heterocycles. The highest BCUT2D eigenvalue weighted by Gasteiger charge is 1.99. The predicted molar refractivity (Wildman–Crippen MR) is 54.8 cm³/mol. The van der Waals surface area contributed by atoms with Gasteiger partial charge in [0.25, 0.3) is 0 Å². The highest BCUT2D eigenvalue weighted by Crippen LogP contribution is 2.01. The average Bonchev–Trinajstić information content (AvgIpc) is 2.64. The van der Waals surface area contributed by atoms with Gasteiger partial charge in [-0.05, 0) is 0 Å². The number of rotatable bonds is 3. The largest absolute Gasteiger partial charge is 0.396 e. The van der Waals surface area contributed by atoms with Crippen LogP contribution in [0.1, 0.15) is 5.82 Å². The van der Waals surface area contributed by atoms with Crippen molar-refractivity contribution in [2.24, 2.45) is 7.05 Å². The van der Waals surface area contributed by atoms with E-state index >= 15 is 0 Å². The van der Waals surface area contributed by atoms with Gasteiger partial charge in [0.1, 0.15) is 6.33 Å². The lowest BCUT2D eigenvalue weighted by Gasteiger charge is -2.00. The first-order valence-corrected chi connectivity index (χ1v) is 4.40. The summed E-state index contributed by atoms with van der Waals surface area (Å²) in [6, 6.07) is 0. The van der Waals surface area contributed by atoms with Gasteiger partial charge in [0, 0.05) is 7.05 Å². The Bertz CT molecular complexity index is 433. The number of aromatic nitrogens is 5. The zero-order valence-corrected chi connectivity index (χ0v) is 8.25. The van der Waals surface area contributed by atoms with Crippen molar-refractivity contribution in [3.63, 3.8) is 0 Å². The summed E-state index contributed by atoms with van der Waals surface area (Å²) in [5.41, 5.74) is 5.99. The summed E-state index contributed by atoms with van der Waals surface area (Å²) >= 11 is 0. The van der Waals surface area contributed by atoms with Crippen LogP contribution in [0.4, 0.5) is 11.6 Å². The Morgan fingerprint density at radius 2 is 2.07 bits per heavy atom. The van der Waals surface area contributed by atoms with Gasteiger partial charge in [-0.15, -0.1) is 0 Å². The van der Waals surface area contributed by atoms with Crippen molar-refractivity contribution in [1.82, 2.24) is 24.7 Å². The highest BCUT2D eigenvalue weighted by atomic mass is 15.3. The molecule has 0 amide bonds. The fraction of sp³-hybridized carbons (Fsp3) is 0.250. The van der Waals surface area contributed by atoms with Gasteiger partial charge in [0.05, 0.1) is 24.6 Å². The molecule has 0 aliphatic heterocycles. The molecule has 0 radical (unpaired) electrons. The third kappa shape index (κ3) is 2.39. The molecule has 0 fully saturated rings. The van der Waals surface area contributed by atoms with Gasteiger partial charge >= 0.3 is 0 Å². The molecule has 0 unspecified atom stereocenters. The summed E-state index contributed by atoms with van der Waals surface area (Å²) in [7, 11) is 1.82.